The Kier molecular flexibility index (Phi) is 3.61. The molecule has 0 aromatic heterocycles. The van der Waals surface area contributed by atoms with E-state index in [1.165, 1.54) is 0 Å². The lowest BCUT2D eigenvalue weighted by molar-refractivity contribution is 0.0213. The Labute approximate surface area is 85.8 Å². The van der Waals surface area contributed by atoms with E-state index < -0.39 is 18.0 Å². The van der Waals surface area contributed by atoms with Crippen molar-refractivity contribution in [1.82, 2.24) is 0 Å². The van der Waals surface area contributed by atoms with E-state index in [4.69, 9.17) is 10.4 Å². The molecule has 0 spiro atoms. The highest BCUT2D eigenvalue weighted by Crippen LogP contribution is 2.23. The maximum Gasteiger partial charge on any atom is 0.127 e. The van der Waals surface area contributed by atoms with Gasteiger partial charge in [0.1, 0.15) is 17.7 Å². The predicted molar refractivity (Wildman–Crippen MR) is 49.3 cm³/mol. The lowest BCUT2D eigenvalue weighted by Crippen LogP contribution is -2.17. The van der Waals surface area contributed by atoms with Crippen LogP contribution in [0.4, 0.5) is 4.39 Å². The molecule has 80 valence electrons. The first-order valence-electron chi connectivity index (χ1n) is 4.27. The van der Waals surface area contributed by atoms with E-state index in [1.54, 1.807) is 6.07 Å². The van der Waals surface area contributed by atoms with Crippen molar-refractivity contribution in [3.63, 3.8) is 0 Å². The van der Waals surface area contributed by atoms with Crippen molar-refractivity contribution in [3.8, 4) is 11.8 Å². The normalized spacial score (nSPS) is 14.3. The number of benzene rings is 1. The van der Waals surface area contributed by atoms with Crippen molar-refractivity contribution < 1.29 is 19.7 Å². The average Bonchev–Trinajstić information content (AvgIpc) is 2.15. The van der Waals surface area contributed by atoms with Gasteiger partial charge in [-0.05, 0) is 17.7 Å². The van der Waals surface area contributed by atoms with E-state index in [0.29, 0.717) is 0 Å². The molecule has 2 atom stereocenters. The highest BCUT2D eigenvalue weighted by molar-refractivity contribution is 5.30. The molecule has 0 aliphatic heterocycles. The van der Waals surface area contributed by atoms with Gasteiger partial charge in [0, 0.05) is 6.07 Å². The van der Waals surface area contributed by atoms with Gasteiger partial charge in [0.15, 0.2) is 0 Å². The van der Waals surface area contributed by atoms with Crippen molar-refractivity contribution in [2.24, 2.45) is 0 Å². The van der Waals surface area contributed by atoms with Crippen LogP contribution in [0.3, 0.4) is 0 Å². The lowest BCUT2D eigenvalue weighted by atomic mass is 10.0. The number of phenols is 1. The van der Waals surface area contributed by atoms with E-state index in [-0.39, 0.29) is 17.7 Å². The first-order chi connectivity index (χ1) is 7.04. The Hall–Kier alpha value is -1.64. The molecular weight excluding hydrogens is 201 g/mol. The zero-order chi connectivity index (χ0) is 11.4. The van der Waals surface area contributed by atoms with E-state index in [0.717, 1.165) is 18.2 Å². The first kappa shape index (κ1) is 11.4. The number of aliphatic hydroxyl groups is 2. The summed E-state index contributed by atoms with van der Waals surface area (Å²) in [7, 11) is 0. The molecular formula is C10H10FNO3. The standard InChI is InChI=1S/C10H10FNO3/c11-7-3-6(4-8(13)5-7)10(15)9(14)1-2-12/h3-5,9-10,13-15H,1H2. The molecule has 2 unspecified atom stereocenters. The van der Waals surface area contributed by atoms with Crippen LogP contribution < -0.4 is 0 Å². The SMILES string of the molecule is N#CCC(O)C(O)c1cc(O)cc(F)c1. The summed E-state index contributed by atoms with van der Waals surface area (Å²) in [6, 6.07) is 4.69. The van der Waals surface area contributed by atoms with Crippen LogP contribution in [0.1, 0.15) is 18.1 Å². The molecule has 0 saturated carbocycles. The fourth-order valence-corrected chi connectivity index (χ4v) is 1.19. The lowest BCUT2D eigenvalue weighted by Gasteiger charge is -2.15. The average molecular weight is 211 g/mol. The summed E-state index contributed by atoms with van der Waals surface area (Å²) in [6.07, 6.45) is -2.94. The number of rotatable bonds is 3. The number of halogens is 1. The van der Waals surface area contributed by atoms with Crippen LogP contribution in [-0.2, 0) is 0 Å². The van der Waals surface area contributed by atoms with Gasteiger partial charge >= 0.3 is 0 Å². The van der Waals surface area contributed by atoms with Gasteiger partial charge in [-0.1, -0.05) is 0 Å². The molecule has 0 heterocycles. The molecule has 1 aromatic rings. The summed E-state index contributed by atoms with van der Waals surface area (Å²) >= 11 is 0. The van der Waals surface area contributed by atoms with Crippen molar-refractivity contribution in [2.75, 3.05) is 0 Å². The number of nitriles is 1. The van der Waals surface area contributed by atoms with Crippen molar-refractivity contribution in [1.29, 1.82) is 5.26 Å². The molecule has 0 aliphatic carbocycles. The third kappa shape index (κ3) is 2.91. The molecule has 0 bridgehead atoms. The third-order valence-corrected chi connectivity index (χ3v) is 1.91. The molecule has 0 fully saturated rings. The first-order valence-corrected chi connectivity index (χ1v) is 4.27. The van der Waals surface area contributed by atoms with Crippen LogP contribution in [0.5, 0.6) is 5.75 Å². The zero-order valence-corrected chi connectivity index (χ0v) is 7.76. The third-order valence-electron chi connectivity index (χ3n) is 1.91. The zero-order valence-electron chi connectivity index (χ0n) is 7.76. The van der Waals surface area contributed by atoms with Crippen LogP contribution in [0.25, 0.3) is 0 Å². The van der Waals surface area contributed by atoms with E-state index >= 15 is 0 Å². The maximum atomic E-state index is 12.8. The van der Waals surface area contributed by atoms with Crippen LogP contribution >= 0.6 is 0 Å². The maximum absolute atomic E-state index is 12.8. The van der Waals surface area contributed by atoms with E-state index in [2.05, 4.69) is 0 Å². The molecule has 4 nitrogen and oxygen atoms in total. The summed E-state index contributed by atoms with van der Waals surface area (Å²) in [4.78, 5) is 0. The van der Waals surface area contributed by atoms with Crippen LogP contribution in [0.2, 0.25) is 0 Å². The highest BCUT2D eigenvalue weighted by atomic mass is 19.1. The Morgan fingerprint density at radius 3 is 2.53 bits per heavy atom. The second kappa shape index (κ2) is 4.73. The molecule has 1 aromatic carbocycles. The number of hydrogen-bond acceptors (Lipinski definition) is 4. The number of nitrogens with zero attached hydrogens (tertiary/aromatic N) is 1. The Morgan fingerprint density at radius 2 is 2.00 bits per heavy atom. The van der Waals surface area contributed by atoms with Gasteiger partial charge in [0.25, 0.3) is 0 Å². The quantitative estimate of drug-likeness (QED) is 0.691. The summed E-state index contributed by atoms with van der Waals surface area (Å²) in [5.74, 6) is -1.05. The number of phenolic OH excluding ortho intramolecular Hbond substituents is 1. The van der Waals surface area contributed by atoms with E-state index in [9.17, 15) is 14.6 Å². The van der Waals surface area contributed by atoms with E-state index in [1.807, 2.05) is 0 Å². The van der Waals surface area contributed by atoms with Gasteiger partial charge in [-0.15, -0.1) is 0 Å². The number of aromatic hydroxyl groups is 1. The fraction of sp³-hybridized carbons (Fsp3) is 0.300. The van der Waals surface area contributed by atoms with Gasteiger partial charge in [-0.2, -0.15) is 5.26 Å². The van der Waals surface area contributed by atoms with Crippen LogP contribution in [-0.4, -0.2) is 21.4 Å². The van der Waals surface area contributed by atoms with Crippen molar-refractivity contribution in [2.45, 2.75) is 18.6 Å². The largest absolute Gasteiger partial charge is 0.508 e. The molecule has 0 amide bonds. The Bertz CT molecular complexity index is 368. The summed E-state index contributed by atoms with van der Waals surface area (Å²) in [6.45, 7) is 0. The van der Waals surface area contributed by atoms with Gasteiger partial charge < -0.3 is 15.3 Å². The highest BCUT2D eigenvalue weighted by Gasteiger charge is 2.19. The summed E-state index contributed by atoms with van der Waals surface area (Å²) in [5, 5.41) is 36.1. The van der Waals surface area contributed by atoms with Crippen molar-refractivity contribution in [3.05, 3.63) is 29.6 Å². The molecule has 3 N–H and O–H groups in total. The minimum absolute atomic E-state index is 0.0373. The molecule has 0 radical (unpaired) electrons. The summed E-state index contributed by atoms with van der Waals surface area (Å²) < 4.78 is 12.8. The fourth-order valence-electron chi connectivity index (χ4n) is 1.19. The number of aliphatic hydroxyl groups excluding tert-OH is 2. The minimum Gasteiger partial charge on any atom is -0.508 e. The second-order valence-corrected chi connectivity index (χ2v) is 3.12. The second-order valence-electron chi connectivity index (χ2n) is 3.12. The smallest absolute Gasteiger partial charge is 0.127 e. The Morgan fingerprint density at radius 1 is 1.33 bits per heavy atom. The molecule has 5 heteroatoms. The van der Waals surface area contributed by atoms with Gasteiger partial charge in [-0.3, -0.25) is 0 Å². The van der Waals surface area contributed by atoms with Crippen LogP contribution in [0, 0.1) is 17.1 Å². The molecule has 0 saturated heterocycles. The van der Waals surface area contributed by atoms with Crippen molar-refractivity contribution >= 4 is 0 Å². The van der Waals surface area contributed by atoms with Crippen LogP contribution in [0.15, 0.2) is 18.2 Å². The molecule has 15 heavy (non-hydrogen) atoms. The predicted octanol–water partition coefficient (Wildman–Crippen LogP) is 0.839. The monoisotopic (exact) mass is 211 g/mol. The van der Waals surface area contributed by atoms with Gasteiger partial charge in [0.05, 0.1) is 18.6 Å². The number of hydrogen-bond donors (Lipinski definition) is 3. The Balaban J connectivity index is 2.91. The molecule has 1 rings (SSSR count). The topological polar surface area (TPSA) is 84.5 Å². The summed E-state index contributed by atoms with van der Waals surface area (Å²) in [5.41, 5.74) is 0.0373. The molecule has 0 aliphatic rings. The minimum atomic E-state index is -1.38. The van der Waals surface area contributed by atoms with Gasteiger partial charge in [0.2, 0.25) is 0 Å². The van der Waals surface area contributed by atoms with Gasteiger partial charge in [-0.25, -0.2) is 4.39 Å².